The number of phosphoric acid groups is 1. The lowest BCUT2D eigenvalue weighted by molar-refractivity contribution is -0.870. The van der Waals surface area contributed by atoms with Crippen LogP contribution in [-0.2, 0) is 18.4 Å². The van der Waals surface area contributed by atoms with Gasteiger partial charge in [0, 0.05) is 6.42 Å². The van der Waals surface area contributed by atoms with E-state index < -0.39 is 20.0 Å². The van der Waals surface area contributed by atoms with Gasteiger partial charge in [0.1, 0.15) is 13.2 Å². The van der Waals surface area contributed by atoms with E-state index in [1.54, 1.807) is 6.08 Å². The number of carbonyl (C=O) groups excluding carboxylic acids is 1. The third-order valence-electron chi connectivity index (χ3n) is 16.2. The largest absolute Gasteiger partial charge is 0.472 e. The Hall–Kier alpha value is -1.54. The van der Waals surface area contributed by atoms with Crippen molar-refractivity contribution in [2.45, 2.75) is 366 Å². The van der Waals surface area contributed by atoms with Crippen molar-refractivity contribution in [1.82, 2.24) is 5.32 Å². The average molecular weight is 1160 g/mol. The highest BCUT2D eigenvalue weighted by Gasteiger charge is 2.28. The van der Waals surface area contributed by atoms with Crippen LogP contribution in [-0.4, -0.2) is 73.4 Å². The van der Waals surface area contributed by atoms with Crippen molar-refractivity contribution >= 4 is 13.7 Å². The minimum Gasteiger partial charge on any atom is -0.387 e. The number of aliphatic hydroxyl groups is 1. The number of amides is 1. The molecule has 3 N–H and O–H groups in total. The number of nitrogens with zero attached hydrogens (tertiary/aromatic N) is 1. The van der Waals surface area contributed by atoms with E-state index in [0.29, 0.717) is 17.4 Å². The molecular weight excluding hydrogens is 1020 g/mol. The first kappa shape index (κ1) is 79.5. The Bertz CT molecular complexity index is 1460. The van der Waals surface area contributed by atoms with E-state index in [1.165, 1.54) is 289 Å². The molecule has 8 nitrogen and oxygen atoms in total. The Labute approximate surface area is 505 Å². The zero-order chi connectivity index (χ0) is 59.1. The fourth-order valence-electron chi connectivity index (χ4n) is 10.7. The molecule has 0 fully saturated rings. The van der Waals surface area contributed by atoms with E-state index in [9.17, 15) is 19.4 Å². The Morgan fingerprint density at radius 2 is 0.679 bits per heavy atom. The number of likely N-dealkylation sites (N-methyl/N-ethyl adjacent to an activating group) is 1. The highest BCUT2D eigenvalue weighted by Crippen LogP contribution is 2.43. The lowest BCUT2D eigenvalue weighted by atomic mass is 10.0. The highest BCUT2D eigenvalue weighted by atomic mass is 31.2. The number of hydrogen-bond donors (Lipinski definition) is 3. The van der Waals surface area contributed by atoms with Gasteiger partial charge < -0.3 is 19.8 Å². The summed E-state index contributed by atoms with van der Waals surface area (Å²) in [6, 6.07) is -0.871. The van der Waals surface area contributed by atoms with Gasteiger partial charge in [0.25, 0.3) is 0 Å². The molecular formula is C72H140N2O6P+. The van der Waals surface area contributed by atoms with Gasteiger partial charge in [0.15, 0.2) is 0 Å². The Morgan fingerprint density at radius 1 is 0.407 bits per heavy atom. The lowest BCUT2D eigenvalue weighted by Crippen LogP contribution is -2.45. The van der Waals surface area contributed by atoms with Gasteiger partial charge in [0.05, 0.1) is 39.9 Å². The summed E-state index contributed by atoms with van der Waals surface area (Å²) in [5.74, 6) is -0.185. The topological polar surface area (TPSA) is 105 Å². The van der Waals surface area contributed by atoms with Crippen molar-refractivity contribution in [3.8, 4) is 0 Å². The van der Waals surface area contributed by atoms with Gasteiger partial charge in [-0.15, -0.1) is 0 Å². The number of quaternary nitrogens is 1. The van der Waals surface area contributed by atoms with E-state index in [-0.39, 0.29) is 19.1 Å². The van der Waals surface area contributed by atoms with Crippen LogP contribution in [0.2, 0.25) is 0 Å². The minimum atomic E-state index is -4.37. The second-order valence-corrected chi connectivity index (χ2v) is 27.0. The molecule has 3 unspecified atom stereocenters. The van der Waals surface area contributed by atoms with Gasteiger partial charge in [-0.1, -0.05) is 326 Å². The summed E-state index contributed by atoms with van der Waals surface area (Å²) in [7, 11) is 1.56. The molecule has 0 saturated carbocycles. The molecule has 0 radical (unpaired) electrons. The smallest absolute Gasteiger partial charge is 0.387 e. The maximum absolute atomic E-state index is 13.0. The first-order chi connectivity index (χ1) is 39.5. The van der Waals surface area contributed by atoms with Crippen LogP contribution in [0.4, 0.5) is 0 Å². The predicted octanol–water partition coefficient (Wildman–Crippen LogP) is 22.6. The molecule has 0 aliphatic heterocycles. The SMILES string of the molecule is CCCCCCCCCCCCCCCC/C=C\CCCCCCCCCCCCCCCCCCCC(=O)NC(COP(=O)(O)OCC[N+](C)(C)C)C(O)/C=C/CC/C=C/CC/C=C/CCCCCCCCCCCCCCCC. The number of phosphoric ester groups is 1. The number of allylic oxidation sites excluding steroid dienone is 7. The number of unbranched alkanes of at least 4 members (excludes halogenated alkanes) is 47. The molecule has 0 aromatic heterocycles. The molecule has 3 atom stereocenters. The van der Waals surface area contributed by atoms with Crippen LogP contribution in [0.5, 0.6) is 0 Å². The molecule has 0 aliphatic rings. The van der Waals surface area contributed by atoms with Crippen molar-refractivity contribution in [3.05, 3.63) is 48.6 Å². The molecule has 9 heteroatoms. The van der Waals surface area contributed by atoms with E-state index in [2.05, 4.69) is 55.6 Å². The zero-order valence-electron chi connectivity index (χ0n) is 54.8. The molecule has 1 amide bonds. The van der Waals surface area contributed by atoms with Gasteiger partial charge >= 0.3 is 7.82 Å². The molecule has 0 rings (SSSR count). The quantitative estimate of drug-likeness (QED) is 0.0243. The number of aliphatic hydroxyl groups excluding tert-OH is 1. The van der Waals surface area contributed by atoms with Crippen molar-refractivity contribution < 1.29 is 32.9 Å². The fourth-order valence-corrected chi connectivity index (χ4v) is 11.5. The summed E-state index contributed by atoms with van der Waals surface area (Å²) in [4.78, 5) is 23.4. The van der Waals surface area contributed by atoms with Crippen molar-refractivity contribution in [2.75, 3.05) is 40.9 Å². The van der Waals surface area contributed by atoms with Crippen LogP contribution in [0, 0.1) is 0 Å². The molecule has 0 aromatic rings. The van der Waals surface area contributed by atoms with E-state index in [4.69, 9.17) is 9.05 Å². The number of nitrogens with one attached hydrogen (secondary N) is 1. The summed E-state index contributed by atoms with van der Waals surface area (Å²) in [5.41, 5.74) is 0. The van der Waals surface area contributed by atoms with Crippen LogP contribution in [0.3, 0.4) is 0 Å². The summed E-state index contributed by atoms with van der Waals surface area (Å²) >= 11 is 0. The fraction of sp³-hybridized carbons (Fsp3) is 0.875. The number of rotatable bonds is 66. The molecule has 0 aromatic carbocycles. The molecule has 0 spiro atoms. The molecule has 0 heterocycles. The van der Waals surface area contributed by atoms with Crippen LogP contribution >= 0.6 is 7.82 Å². The highest BCUT2D eigenvalue weighted by molar-refractivity contribution is 7.47. The average Bonchev–Trinajstić information content (AvgIpc) is 3.43. The standard InChI is InChI=1S/C72H139N2O6P/c1-6-8-10-12-14-16-18-20-22-24-26-28-30-32-33-34-35-36-37-38-39-40-41-42-44-46-48-50-52-54-56-58-60-62-64-66-72(76)73-70(69-80-81(77,78)79-68-67-74(3,4)5)71(75)65-63-61-59-57-55-53-51-49-47-45-43-31-29-27-25-23-21-19-17-15-13-11-9-7-2/h34-35,47,49,55,57,63,65,70-71,75H,6-33,36-46,48,50-54,56,58-62,64,66-69H2,1-5H3,(H-,73,76,77,78)/p+1/b35-34-,49-47+,57-55+,65-63+. The normalized spacial score (nSPS) is 13.9. The third kappa shape index (κ3) is 65.9. The Balaban J connectivity index is 4.06. The first-order valence-electron chi connectivity index (χ1n) is 35.5. The van der Waals surface area contributed by atoms with Crippen molar-refractivity contribution in [3.63, 3.8) is 0 Å². The van der Waals surface area contributed by atoms with Crippen LogP contribution in [0.1, 0.15) is 354 Å². The van der Waals surface area contributed by atoms with E-state index >= 15 is 0 Å². The second kappa shape index (κ2) is 63.0. The summed E-state index contributed by atoms with van der Waals surface area (Å²) < 4.78 is 23.8. The maximum Gasteiger partial charge on any atom is 0.472 e. The van der Waals surface area contributed by atoms with Gasteiger partial charge in [-0.2, -0.15) is 0 Å². The van der Waals surface area contributed by atoms with Gasteiger partial charge in [-0.05, 0) is 70.6 Å². The second-order valence-electron chi connectivity index (χ2n) is 25.6. The molecule has 0 bridgehead atoms. The number of hydrogen-bond acceptors (Lipinski definition) is 5. The van der Waals surface area contributed by atoms with Crippen molar-refractivity contribution in [2.24, 2.45) is 0 Å². The Morgan fingerprint density at radius 3 is 0.988 bits per heavy atom. The van der Waals surface area contributed by atoms with Crippen LogP contribution in [0.15, 0.2) is 48.6 Å². The third-order valence-corrected chi connectivity index (χ3v) is 17.2. The molecule has 0 aliphatic carbocycles. The molecule has 478 valence electrons. The lowest BCUT2D eigenvalue weighted by Gasteiger charge is -2.25. The number of carbonyl (C=O) groups is 1. The molecule has 0 saturated heterocycles. The van der Waals surface area contributed by atoms with E-state index in [1.807, 2.05) is 27.2 Å². The van der Waals surface area contributed by atoms with Gasteiger partial charge in [-0.3, -0.25) is 13.8 Å². The maximum atomic E-state index is 13.0. The van der Waals surface area contributed by atoms with Crippen molar-refractivity contribution in [1.29, 1.82) is 0 Å². The summed E-state index contributed by atoms with van der Waals surface area (Å²) in [6.07, 6.45) is 85.6. The van der Waals surface area contributed by atoms with E-state index in [0.717, 1.165) is 44.9 Å². The summed E-state index contributed by atoms with van der Waals surface area (Å²) in [5, 5.41) is 14.0. The summed E-state index contributed by atoms with van der Waals surface area (Å²) in [6.45, 7) is 4.84. The molecule has 81 heavy (non-hydrogen) atoms. The van der Waals surface area contributed by atoms with Crippen LogP contribution in [0.25, 0.3) is 0 Å². The van der Waals surface area contributed by atoms with Gasteiger partial charge in [0.2, 0.25) is 5.91 Å². The minimum absolute atomic E-state index is 0.0542. The monoisotopic (exact) mass is 1160 g/mol. The van der Waals surface area contributed by atoms with Gasteiger partial charge in [-0.25, -0.2) is 4.57 Å². The van der Waals surface area contributed by atoms with Crippen LogP contribution < -0.4 is 5.32 Å². The predicted molar refractivity (Wildman–Crippen MR) is 355 cm³/mol. The zero-order valence-corrected chi connectivity index (χ0v) is 55.7. The Kier molecular flexibility index (Phi) is 61.8. The first-order valence-corrected chi connectivity index (χ1v) is 37.0.